The van der Waals surface area contributed by atoms with Crippen LogP contribution in [0.1, 0.15) is 15.9 Å². The molecule has 1 heterocycles. The van der Waals surface area contributed by atoms with Crippen LogP contribution in [0.2, 0.25) is 5.02 Å². The van der Waals surface area contributed by atoms with Crippen molar-refractivity contribution >= 4 is 52.3 Å². The molecule has 3 aromatic rings. The Balaban J connectivity index is 1.45. The van der Waals surface area contributed by atoms with Crippen LogP contribution in [0, 0.1) is 5.82 Å². The molecule has 3 aromatic carbocycles. The summed E-state index contributed by atoms with van der Waals surface area (Å²) in [5.74, 6) is -2.18. The van der Waals surface area contributed by atoms with Crippen molar-refractivity contribution in [2.45, 2.75) is 6.42 Å². The highest BCUT2D eigenvalue weighted by Gasteiger charge is 2.37. The second-order valence-corrected chi connectivity index (χ2v) is 8.26. The zero-order chi connectivity index (χ0) is 24.2. The van der Waals surface area contributed by atoms with Gasteiger partial charge in [-0.05, 0) is 48.4 Å². The van der Waals surface area contributed by atoms with Crippen LogP contribution in [0.3, 0.4) is 0 Å². The van der Waals surface area contributed by atoms with Crippen LogP contribution in [0.4, 0.5) is 15.8 Å². The van der Waals surface area contributed by atoms with Crippen LogP contribution in [0.15, 0.2) is 83.5 Å². The van der Waals surface area contributed by atoms with Crippen molar-refractivity contribution in [1.82, 2.24) is 4.90 Å². The van der Waals surface area contributed by atoms with Crippen LogP contribution in [0.5, 0.6) is 0 Å². The van der Waals surface area contributed by atoms with E-state index in [0.717, 1.165) is 16.5 Å². The monoisotopic (exact) mass is 497 g/mol. The molecular weight excluding hydrogens is 480 g/mol. The van der Waals surface area contributed by atoms with Gasteiger partial charge in [0.15, 0.2) is 0 Å². The summed E-state index contributed by atoms with van der Waals surface area (Å²) in [5, 5.41) is 5.16. The number of benzene rings is 3. The van der Waals surface area contributed by atoms with Gasteiger partial charge in [0.1, 0.15) is 16.5 Å². The highest BCUT2D eigenvalue weighted by molar-refractivity contribution is 6.48. The Hall–Kier alpha value is -3.68. The zero-order valence-corrected chi connectivity index (χ0v) is 19.2. The van der Waals surface area contributed by atoms with Crippen LogP contribution in [-0.2, 0) is 16.0 Å². The summed E-state index contributed by atoms with van der Waals surface area (Å²) in [6.45, 7) is 0.186. The average molecular weight is 498 g/mol. The lowest BCUT2D eigenvalue weighted by atomic mass is 10.1. The SMILES string of the molecule is O=C(Nc1ccc(F)c(Cl)c1)c1cccc(NC2=C(Cl)C(=O)N(CCc3ccccc3)C2=O)c1. The molecule has 0 bridgehead atoms. The van der Waals surface area contributed by atoms with E-state index in [1.54, 1.807) is 18.2 Å². The number of anilines is 2. The van der Waals surface area contributed by atoms with E-state index in [1.165, 1.54) is 18.2 Å². The lowest BCUT2D eigenvalue weighted by Gasteiger charge is -2.15. The molecule has 0 saturated carbocycles. The lowest BCUT2D eigenvalue weighted by molar-refractivity contribution is -0.137. The summed E-state index contributed by atoms with van der Waals surface area (Å²) in [5.41, 5.74) is 1.92. The first-order valence-corrected chi connectivity index (χ1v) is 11.0. The van der Waals surface area contributed by atoms with Crippen molar-refractivity contribution in [2.24, 2.45) is 0 Å². The molecule has 34 heavy (non-hydrogen) atoms. The summed E-state index contributed by atoms with van der Waals surface area (Å²) >= 11 is 11.9. The number of carbonyl (C=O) groups is 3. The molecule has 0 fully saturated rings. The molecule has 0 unspecified atom stereocenters. The summed E-state index contributed by atoms with van der Waals surface area (Å²) in [7, 11) is 0. The highest BCUT2D eigenvalue weighted by atomic mass is 35.5. The van der Waals surface area contributed by atoms with Gasteiger partial charge in [0.25, 0.3) is 17.7 Å². The van der Waals surface area contributed by atoms with Gasteiger partial charge in [-0.1, -0.05) is 59.6 Å². The predicted octanol–water partition coefficient (Wildman–Crippen LogP) is 5.21. The Kier molecular flexibility index (Phi) is 6.95. The van der Waals surface area contributed by atoms with E-state index in [4.69, 9.17) is 23.2 Å². The third-order valence-corrected chi connectivity index (χ3v) is 5.79. The number of hydrogen-bond donors (Lipinski definition) is 2. The number of nitrogens with one attached hydrogen (secondary N) is 2. The molecule has 6 nitrogen and oxygen atoms in total. The largest absolute Gasteiger partial charge is 0.350 e. The first-order valence-electron chi connectivity index (χ1n) is 10.3. The van der Waals surface area contributed by atoms with Crippen LogP contribution < -0.4 is 10.6 Å². The van der Waals surface area contributed by atoms with E-state index in [-0.39, 0.29) is 27.9 Å². The van der Waals surface area contributed by atoms with Crippen LogP contribution in [-0.4, -0.2) is 29.2 Å². The Labute approximate surface area is 205 Å². The zero-order valence-electron chi connectivity index (χ0n) is 17.6. The molecule has 9 heteroatoms. The Morgan fingerprint density at radius 3 is 2.38 bits per heavy atom. The van der Waals surface area contributed by atoms with E-state index in [9.17, 15) is 18.8 Å². The summed E-state index contributed by atoms with van der Waals surface area (Å²) in [4.78, 5) is 39.1. The molecule has 3 amide bonds. The van der Waals surface area contributed by atoms with E-state index in [1.807, 2.05) is 30.3 Å². The van der Waals surface area contributed by atoms with Gasteiger partial charge in [-0.25, -0.2) is 4.39 Å². The van der Waals surface area contributed by atoms with Crippen molar-refractivity contribution in [1.29, 1.82) is 0 Å². The van der Waals surface area contributed by atoms with Gasteiger partial charge in [0.05, 0.1) is 5.02 Å². The van der Waals surface area contributed by atoms with E-state index >= 15 is 0 Å². The van der Waals surface area contributed by atoms with Gasteiger partial charge in [-0.3, -0.25) is 19.3 Å². The Morgan fingerprint density at radius 1 is 0.882 bits per heavy atom. The Bertz CT molecular complexity index is 1310. The van der Waals surface area contributed by atoms with Gasteiger partial charge in [-0.2, -0.15) is 0 Å². The molecule has 2 N–H and O–H groups in total. The quantitative estimate of drug-likeness (QED) is 0.439. The number of imide groups is 1. The number of carbonyl (C=O) groups excluding carboxylic acids is 3. The molecule has 4 rings (SSSR count). The second kappa shape index (κ2) is 10.1. The number of halogens is 3. The van der Waals surface area contributed by atoms with Gasteiger partial charge in [0.2, 0.25) is 0 Å². The molecule has 1 aliphatic rings. The van der Waals surface area contributed by atoms with Crippen molar-refractivity contribution in [3.63, 3.8) is 0 Å². The maximum Gasteiger partial charge on any atom is 0.278 e. The molecule has 0 atom stereocenters. The van der Waals surface area contributed by atoms with Crippen molar-refractivity contribution in [2.75, 3.05) is 17.2 Å². The first kappa shape index (κ1) is 23.5. The third-order valence-electron chi connectivity index (χ3n) is 5.15. The number of amides is 3. The Morgan fingerprint density at radius 2 is 1.65 bits per heavy atom. The topological polar surface area (TPSA) is 78.5 Å². The van der Waals surface area contributed by atoms with Crippen LogP contribution >= 0.6 is 23.2 Å². The van der Waals surface area contributed by atoms with Gasteiger partial charge in [0, 0.05) is 23.5 Å². The predicted molar refractivity (Wildman–Crippen MR) is 129 cm³/mol. The molecule has 172 valence electrons. The molecule has 0 aliphatic carbocycles. The maximum absolute atomic E-state index is 13.3. The van der Waals surface area contributed by atoms with E-state index in [0.29, 0.717) is 17.8 Å². The fraction of sp³-hybridized carbons (Fsp3) is 0.0800. The molecule has 0 radical (unpaired) electrons. The van der Waals surface area contributed by atoms with E-state index < -0.39 is 23.5 Å². The minimum atomic E-state index is -0.593. The lowest BCUT2D eigenvalue weighted by Crippen LogP contribution is -2.34. The minimum Gasteiger partial charge on any atom is -0.350 e. The maximum atomic E-state index is 13.3. The highest BCUT2D eigenvalue weighted by Crippen LogP contribution is 2.26. The fourth-order valence-electron chi connectivity index (χ4n) is 3.40. The fourth-order valence-corrected chi connectivity index (χ4v) is 3.81. The third kappa shape index (κ3) is 5.11. The van der Waals surface area contributed by atoms with Crippen LogP contribution in [0.25, 0.3) is 0 Å². The minimum absolute atomic E-state index is 0.0531. The number of hydrogen-bond acceptors (Lipinski definition) is 4. The molecule has 0 aromatic heterocycles. The first-order chi connectivity index (χ1) is 16.3. The van der Waals surface area contributed by atoms with Gasteiger partial charge in [-0.15, -0.1) is 0 Å². The molecule has 0 spiro atoms. The molecule has 1 aliphatic heterocycles. The van der Waals surface area contributed by atoms with Crippen molar-refractivity contribution in [3.8, 4) is 0 Å². The van der Waals surface area contributed by atoms with Crippen molar-refractivity contribution < 1.29 is 18.8 Å². The standard InChI is InChI=1S/C25H18Cl2FN3O3/c26-19-14-18(9-10-20(19)28)30-23(32)16-7-4-8-17(13-16)29-22-21(27)24(33)31(25(22)34)12-11-15-5-2-1-3-6-15/h1-10,13-14,29H,11-12H2,(H,30,32). The van der Waals surface area contributed by atoms with Gasteiger partial charge >= 0.3 is 0 Å². The average Bonchev–Trinajstić information content (AvgIpc) is 3.04. The summed E-state index contributed by atoms with van der Waals surface area (Å²) in [6, 6.07) is 19.6. The number of rotatable bonds is 7. The number of nitrogens with zero attached hydrogens (tertiary/aromatic N) is 1. The van der Waals surface area contributed by atoms with Crippen molar-refractivity contribution in [3.05, 3.63) is 105 Å². The normalized spacial score (nSPS) is 13.4. The smallest absolute Gasteiger partial charge is 0.278 e. The van der Waals surface area contributed by atoms with Gasteiger partial charge < -0.3 is 10.6 Å². The molecule has 0 saturated heterocycles. The summed E-state index contributed by atoms with van der Waals surface area (Å²) < 4.78 is 13.3. The van der Waals surface area contributed by atoms with E-state index in [2.05, 4.69) is 10.6 Å². The molecular formula is C25H18Cl2FN3O3. The summed E-state index contributed by atoms with van der Waals surface area (Å²) in [6.07, 6.45) is 0.499. The second-order valence-electron chi connectivity index (χ2n) is 7.48.